The fourth-order valence-corrected chi connectivity index (χ4v) is 2.61. The zero-order chi connectivity index (χ0) is 15.6. The molecular formula is C15H15N7O. The summed E-state index contributed by atoms with van der Waals surface area (Å²) in [4.78, 5) is 12.4. The lowest BCUT2D eigenvalue weighted by Gasteiger charge is -2.21. The summed E-state index contributed by atoms with van der Waals surface area (Å²) < 4.78 is 1.62. The smallest absolute Gasteiger partial charge is 0.243 e. The molecule has 3 heterocycles. The van der Waals surface area contributed by atoms with E-state index in [-0.39, 0.29) is 11.9 Å². The van der Waals surface area contributed by atoms with E-state index in [1.165, 1.54) is 0 Å². The number of fused-ring (bicyclic) bond motifs is 1. The van der Waals surface area contributed by atoms with Gasteiger partial charge in [0.05, 0.1) is 29.8 Å². The minimum atomic E-state index is -0.304. The number of rotatable bonds is 3. The molecule has 1 amide bonds. The summed E-state index contributed by atoms with van der Waals surface area (Å²) >= 11 is 0. The van der Waals surface area contributed by atoms with Gasteiger partial charge in [-0.1, -0.05) is 23.4 Å². The molecule has 0 aliphatic carbocycles. The number of H-pyrrole nitrogens is 1. The maximum atomic E-state index is 12.4. The van der Waals surface area contributed by atoms with Crippen LogP contribution in [0, 0.1) is 0 Å². The Bertz CT molecular complexity index is 823. The van der Waals surface area contributed by atoms with Crippen LogP contribution in [-0.2, 0) is 17.8 Å². The highest BCUT2D eigenvalue weighted by atomic mass is 16.2. The summed E-state index contributed by atoms with van der Waals surface area (Å²) in [6.45, 7) is 0.601. The molecule has 8 nitrogen and oxygen atoms in total. The Morgan fingerprint density at radius 1 is 1.30 bits per heavy atom. The van der Waals surface area contributed by atoms with Crippen molar-refractivity contribution in [2.75, 3.05) is 5.32 Å². The number of anilines is 1. The van der Waals surface area contributed by atoms with Crippen molar-refractivity contribution in [2.45, 2.75) is 19.0 Å². The van der Waals surface area contributed by atoms with Crippen LogP contribution in [0.5, 0.6) is 0 Å². The molecule has 1 aliphatic heterocycles. The van der Waals surface area contributed by atoms with Gasteiger partial charge in [-0.05, 0) is 17.7 Å². The minimum Gasteiger partial charge on any atom is -0.306 e. The number of aromatic amines is 1. The maximum absolute atomic E-state index is 12.4. The van der Waals surface area contributed by atoms with Crippen LogP contribution < -0.4 is 10.6 Å². The quantitative estimate of drug-likeness (QED) is 0.659. The standard InChI is InChI=1S/C15H15N7O/c23-15(12-6-10-7-17-19-13(10)8-16-12)18-14-9-22(21-20-14)11-4-2-1-3-5-11/h1-5,7,9,12,16H,6,8H2,(H,17,19)(H,18,23). The number of amides is 1. The van der Waals surface area contributed by atoms with Crippen LogP contribution in [0.25, 0.3) is 5.69 Å². The van der Waals surface area contributed by atoms with Crippen molar-refractivity contribution in [3.05, 3.63) is 54.0 Å². The van der Waals surface area contributed by atoms with Crippen LogP contribution in [0.3, 0.4) is 0 Å². The Kier molecular flexibility index (Phi) is 3.35. The molecule has 0 spiro atoms. The normalized spacial score (nSPS) is 16.8. The SMILES string of the molecule is O=C(Nc1cn(-c2ccccc2)nn1)C1Cc2cn[nH]c2CN1. The minimum absolute atomic E-state index is 0.128. The lowest BCUT2D eigenvalue weighted by molar-refractivity contribution is -0.118. The molecule has 3 N–H and O–H groups in total. The second-order valence-electron chi connectivity index (χ2n) is 5.38. The first-order valence-electron chi connectivity index (χ1n) is 7.33. The van der Waals surface area contributed by atoms with E-state index >= 15 is 0 Å². The van der Waals surface area contributed by atoms with Gasteiger partial charge < -0.3 is 5.32 Å². The number of hydrogen-bond acceptors (Lipinski definition) is 5. The van der Waals surface area contributed by atoms with Crippen molar-refractivity contribution < 1.29 is 4.79 Å². The predicted octanol–water partition coefficient (Wildman–Crippen LogP) is 0.643. The number of carbonyl (C=O) groups excluding carboxylic acids is 1. The summed E-state index contributed by atoms with van der Waals surface area (Å²) in [7, 11) is 0. The molecule has 0 radical (unpaired) electrons. The van der Waals surface area contributed by atoms with Gasteiger partial charge >= 0.3 is 0 Å². The van der Waals surface area contributed by atoms with Gasteiger partial charge in [-0.2, -0.15) is 5.10 Å². The summed E-state index contributed by atoms with van der Waals surface area (Å²) in [5.74, 6) is 0.301. The number of nitrogens with one attached hydrogen (secondary N) is 3. The fourth-order valence-electron chi connectivity index (χ4n) is 2.61. The summed E-state index contributed by atoms with van der Waals surface area (Å²) in [5.41, 5.74) is 2.99. The zero-order valence-corrected chi connectivity index (χ0v) is 12.2. The molecule has 1 aliphatic rings. The van der Waals surface area contributed by atoms with Crippen LogP contribution in [-0.4, -0.2) is 37.1 Å². The number of carbonyl (C=O) groups is 1. The van der Waals surface area contributed by atoms with Crippen molar-refractivity contribution in [3.63, 3.8) is 0 Å². The number of para-hydroxylation sites is 1. The Hall–Kier alpha value is -3.00. The average molecular weight is 309 g/mol. The fraction of sp³-hybridized carbons (Fsp3) is 0.200. The second kappa shape index (κ2) is 5.65. The summed E-state index contributed by atoms with van der Waals surface area (Å²) in [6, 6.07) is 9.31. The highest BCUT2D eigenvalue weighted by Crippen LogP contribution is 2.15. The maximum Gasteiger partial charge on any atom is 0.243 e. The molecule has 23 heavy (non-hydrogen) atoms. The van der Waals surface area contributed by atoms with Gasteiger partial charge in [0.2, 0.25) is 5.91 Å². The molecule has 4 rings (SSSR count). The van der Waals surface area contributed by atoms with Crippen molar-refractivity contribution in [3.8, 4) is 5.69 Å². The van der Waals surface area contributed by atoms with E-state index in [9.17, 15) is 4.79 Å². The topological polar surface area (TPSA) is 101 Å². The molecule has 1 unspecified atom stereocenters. The third-order valence-corrected chi connectivity index (χ3v) is 3.84. The highest BCUT2D eigenvalue weighted by molar-refractivity contribution is 5.94. The van der Waals surface area contributed by atoms with Crippen molar-refractivity contribution >= 4 is 11.7 Å². The van der Waals surface area contributed by atoms with E-state index < -0.39 is 0 Å². The van der Waals surface area contributed by atoms with Gasteiger partial charge in [0, 0.05) is 13.0 Å². The number of nitrogens with zero attached hydrogens (tertiary/aromatic N) is 4. The monoisotopic (exact) mass is 309 g/mol. The van der Waals surface area contributed by atoms with Gasteiger partial charge in [-0.3, -0.25) is 15.2 Å². The summed E-state index contributed by atoms with van der Waals surface area (Å²) in [6.07, 6.45) is 4.06. The molecule has 0 fully saturated rings. The van der Waals surface area contributed by atoms with Crippen molar-refractivity contribution in [2.24, 2.45) is 0 Å². The predicted molar refractivity (Wildman–Crippen MR) is 82.9 cm³/mol. The van der Waals surface area contributed by atoms with Crippen LogP contribution in [0.4, 0.5) is 5.82 Å². The lowest BCUT2D eigenvalue weighted by atomic mass is 10.0. The van der Waals surface area contributed by atoms with Crippen LogP contribution in [0.1, 0.15) is 11.3 Å². The number of aromatic nitrogens is 5. The van der Waals surface area contributed by atoms with Gasteiger partial charge in [-0.25, -0.2) is 4.68 Å². The van der Waals surface area contributed by atoms with E-state index in [4.69, 9.17) is 0 Å². The van der Waals surface area contributed by atoms with E-state index in [1.807, 2.05) is 30.3 Å². The molecule has 0 saturated carbocycles. The van der Waals surface area contributed by atoms with Gasteiger partial charge in [0.1, 0.15) is 0 Å². The van der Waals surface area contributed by atoms with Crippen LogP contribution in [0.2, 0.25) is 0 Å². The Morgan fingerprint density at radius 2 is 2.17 bits per heavy atom. The molecule has 8 heteroatoms. The highest BCUT2D eigenvalue weighted by Gasteiger charge is 2.25. The van der Waals surface area contributed by atoms with Gasteiger partial charge in [0.25, 0.3) is 0 Å². The van der Waals surface area contributed by atoms with E-state index in [0.717, 1.165) is 16.9 Å². The molecular weight excluding hydrogens is 294 g/mol. The van der Waals surface area contributed by atoms with E-state index in [2.05, 4.69) is 31.1 Å². The first kappa shape index (κ1) is 13.6. The molecule has 3 aromatic rings. The third kappa shape index (κ3) is 2.71. The number of benzene rings is 1. The molecule has 0 bridgehead atoms. The average Bonchev–Trinajstić information content (AvgIpc) is 3.24. The van der Waals surface area contributed by atoms with Crippen molar-refractivity contribution in [1.82, 2.24) is 30.5 Å². The Labute approximate surface area is 131 Å². The molecule has 1 aromatic carbocycles. The summed E-state index contributed by atoms with van der Waals surface area (Å²) in [5, 5.41) is 20.9. The molecule has 1 atom stereocenters. The van der Waals surface area contributed by atoms with Crippen LogP contribution in [0.15, 0.2) is 42.7 Å². The first-order valence-corrected chi connectivity index (χ1v) is 7.33. The van der Waals surface area contributed by atoms with Crippen LogP contribution >= 0.6 is 0 Å². The van der Waals surface area contributed by atoms with E-state index in [1.54, 1.807) is 17.1 Å². The van der Waals surface area contributed by atoms with Gasteiger partial charge in [0.15, 0.2) is 5.82 Å². The van der Waals surface area contributed by atoms with Crippen molar-refractivity contribution in [1.29, 1.82) is 0 Å². The molecule has 116 valence electrons. The number of hydrogen-bond donors (Lipinski definition) is 3. The zero-order valence-electron chi connectivity index (χ0n) is 12.2. The Balaban J connectivity index is 1.45. The largest absolute Gasteiger partial charge is 0.306 e. The van der Waals surface area contributed by atoms with E-state index in [0.29, 0.717) is 18.8 Å². The second-order valence-corrected chi connectivity index (χ2v) is 5.38. The third-order valence-electron chi connectivity index (χ3n) is 3.84. The Morgan fingerprint density at radius 3 is 3.04 bits per heavy atom. The lowest BCUT2D eigenvalue weighted by Crippen LogP contribution is -2.44. The molecule has 0 saturated heterocycles. The molecule has 2 aromatic heterocycles. The van der Waals surface area contributed by atoms with Gasteiger partial charge in [-0.15, -0.1) is 5.10 Å². The first-order chi connectivity index (χ1) is 11.3.